The summed E-state index contributed by atoms with van der Waals surface area (Å²) in [5.74, 6) is 0.559. The van der Waals surface area contributed by atoms with Gasteiger partial charge in [0, 0.05) is 65.6 Å². The number of rotatable bonds is 9. The van der Waals surface area contributed by atoms with Crippen LogP contribution in [-0.2, 0) is 13.1 Å². The van der Waals surface area contributed by atoms with Gasteiger partial charge in [-0.1, -0.05) is 35.9 Å². The number of aryl methyl sites for hydroxylation is 1. The van der Waals surface area contributed by atoms with E-state index >= 15 is 0 Å². The molecule has 44 heavy (non-hydrogen) atoms. The minimum atomic E-state index is -0.0932. The van der Waals surface area contributed by atoms with Crippen LogP contribution in [0.5, 0.6) is 5.75 Å². The molecule has 2 aliphatic rings. The zero-order valence-electron chi connectivity index (χ0n) is 26.6. The Kier molecular flexibility index (Phi) is 9.20. The molecular weight excluding hydrogens is 570 g/mol. The van der Waals surface area contributed by atoms with Crippen molar-refractivity contribution in [2.75, 3.05) is 53.9 Å². The second-order valence-electron chi connectivity index (χ2n) is 13.0. The normalized spacial score (nSPS) is 18.3. The van der Waals surface area contributed by atoms with Gasteiger partial charge in [-0.25, -0.2) is 0 Å². The van der Waals surface area contributed by atoms with Crippen molar-refractivity contribution in [3.8, 4) is 5.75 Å². The minimum absolute atomic E-state index is 0.0217. The molecule has 0 aliphatic carbocycles. The first kappa shape index (κ1) is 30.9. The van der Waals surface area contributed by atoms with E-state index in [0.29, 0.717) is 22.9 Å². The van der Waals surface area contributed by atoms with Crippen molar-refractivity contribution in [3.05, 3.63) is 76.8 Å². The van der Waals surface area contributed by atoms with E-state index in [0.717, 1.165) is 65.0 Å². The standard InChI is InChI=1S/C36H46ClN5O2/c1-5-42-32-9-7-6-8-29(32)30-22-26(10-12-33(30)42)24-41-18-14-28(15-19-41)44-34-13-11-27(23-31(34)37)35(43)38-25-36(39(2)3)16-20-40(4)21-17-36/h6-13,22-23,28H,5,14-21,24-25H2,1-4H3,(H,38,43). The summed E-state index contributed by atoms with van der Waals surface area (Å²) in [6.45, 7) is 8.75. The fourth-order valence-electron chi connectivity index (χ4n) is 7.06. The Balaban J connectivity index is 1.02. The Hall–Kier alpha value is -3.10. The Morgan fingerprint density at radius 1 is 0.977 bits per heavy atom. The van der Waals surface area contributed by atoms with Gasteiger partial charge < -0.3 is 24.4 Å². The first-order valence-corrected chi connectivity index (χ1v) is 16.5. The van der Waals surface area contributed by atoms with Crippen LogP contribution >= 0.6 is 11.6 Å². The van der Waals surface area contributed by atoms with E-state index in [-0.39, 0.29) is 17.6 Å². The molecule has 6 rings (SSSR count). The molecule has 0 bridgehead atoms. The molecule has 3 aromatic carbocycles. The smallest absolute Gasteiger partial charge is 0.251 e. The lowest BCUT2D eigenvalue weighted by Gasteiger charge is -2.45. The number of nitrogens with one attached hydrogen (secondary N) is 1. The van der Waals surface area contributed by atoms with Gasteiger partial charge >= 0.3 is 0 Å². The predicted octanol–water partition coefficient (Wildman–Crippen LogP) is 6.27. The number of carbonyl (C=O) groups is 1. The maximum Gasteiger partial charge on any atom is 0.251 e. The number of halogens is 1. The zero-order chi connectivity index (χ0) is 30.8. The van der Waals surface area contributed by atoms with Gasteiger partial charge in [0.15, 0.2) is 0 Å². The lowest BCUT2D eigenvalue weighted by atomic mass is 9.86. The lowest BCUT2D eigenvalue weighted by molar-refractivity contribution is 0.0611. The number of piperidine rings is 2. The van der Waals surface area contributed by atoms with Crippen LogP contribution in [0.3, 0.4) is 0 Å². The van der Waals surface area contributed by atoms with E-state index in [2.05, 4.69) is 95.1 Å². The fraction of sp³-hybridized carbons (Fsp3) is 0.472. The molecule has 4 aromatic rings. The van der Waals surface area contributed by atoms with Gasteiger partial charge in [0.2, 0.25) is 0 Å². The second kappa shape index (κ2) is 13.1. The van der Waals surface area contributed by atoms with E-state index in [1.165, 1.54) is 27.4 Å². The van der Waals surface area contributed by atoms with Gasteiger partial charge in [-0.3, -0.25) is 9.69 Å². The number of likely N-dealkylation sites (N-methyl/N-ethyl adjacent to an activating group) is 1. The quantitative estimate of drug-likeness (QED) is 0.241. The molecule has 0 unspecified atom stereocenters. The molecule has 1 N–H and O–H groups in total. The molecule has 7 nitrogen and oxygen atoms in total. The number of hydrogen-bond donors (Lipinski definition) is 1. The van der Waals surface area contributed by atoms with E-state index in [1.54, 1.807) is 6.07 Å². The van der Waals surface area contributed by atoms with Crippen molar-refractivity contribution in [1.29, 1.82) is 0 Å². The Morgan fingerprint density at radius 2 is 1.70 bits per heavy atom. The number of fused-ring (bicyclic) bond motifs is 3. The molecule has 2 aliphatic heterocycles. The molecule has 2 fully saturated rings. The first-order valence-electron chi connectivity index (χ1n) is 16.1. The van der Waals surface area contributed by atoms with Crippen molar-refractivity contribution >= 4 is 39.3 Å². The van der Waals surface area contributed by atoms with Gasteiger partial charge in [0.1, 0.15) is 11.9 Å². The van der Waals surface area contributed by atoms with Crippen molar-refractivity contribution < 1.29 is 9.53 Å². The molecule has 0 atom stereocenters. The third-order valence-electron chi connectivity index (χ3n) is 10.0. The van der Waals surface area contributed by atoms with E-state index in [9.17, 15) is 4.79 Å². The van der Waals surface area contributed by atoms with Crippen molar-refractivity contribution in [2.24, 2.45) is 0 Å². The molecule has 0 radical (unpaired) electrons. The van der Waals surface area contributed by atoms with Gasteiger partial charge in [0.05, 0.1) is 5.02 Å². The highest BCUT2D eigenvalue weighted by atomic mass is 35.5. The Labute approximate surface area is 266 Å². The second-order valence-corrected chi connectivity index (χ2v) is 13.4. The number of amides is 1. The van der Waals surface area contributed by atoms with Crippen LogP contribution in [-0.4, -0.2) is 90.7 Å². The van der Waals surface area contributed by atoms with Crippen molar-refractivity contribution in [2.45, 2.75) is 57.3 Å². The summed E-state index contributed by atoms with van der Waals surface area (Å²) in [4.78, 5) is 20.2. The van der Waals surface area contributed by atoms with Crippen LogP contribution in [0.25, 0.3) is 21.8 Å². The van der Waals surface area contributed by atoms with Crippen LogP contribution in [0.2, 0.25) is 5.02 Å². The fourth-order valence-corrected chi connectivity index (χ4v) is 7.29. The summed E-state index contributed by atoms with van der Waals surface area (Å²) in [5, 5.41) is 6.33. The molecule has 0 spiro atoms. The van der Waals surface area contributed by atoms with Crippen LogP contribution in [0, 0.1) is 0 Å². The molecule has 2 saturated heterocycles. The molecular formula is C36H46ClN5O2. The molecule has 3 heterocycles. The summed E-state index contributed by atoms with van der Waals surface area (Å²) < 4.78 is 8.75. The van der Waals surface area contributed by atoms with Gasteiger partial charge in [-0.2, -0.15) is 0 Å². The topological polar surface area (TPSA) is 53.0 Å². The van der Waals surface area contributed by atoms with E-state index in [1.807, 2.05) is 12.1 Å². The summed E-state index contributed by atoms with van der Waals surface area (Å²) in [5.41, 5.74) is 4.50. The number of nitrogens with zero attached hydrogens (tertiary/aromatic N) is 4. The van der Waals surface area contributed by atoms with E-state index in [4.69, 9.17) is 16.3 Å². The number of para-hydroxylation sites is 1. The Bertz CT molecular complexity index is 1620. The summed E-state index contributed by atoms with van der Waals surface area (Å²) in [6, 6.07) is 21.1. The largest absolute Gasteiger partial charge is 0.489 e. The molecule has 1 aromatic heterocycles. The summed E-state index contributed by atoms with van der Waals surface area (Å²) in [7, 11) is 6.37. The third-order valence-corrected chi connectivity index (χ3v) is 10.3. The first-order chi connectivity index (χ1) is 21.3. The highest BCUT2D eigenvalue weighted by Gasteiger charge is 2.36. The average Bonchev–Trinajstić information content (AvgIpc) is 3.35. The molecule has 234 valence electrons. The number of hydrogen-bond acceptors (Lipinski definition) is 5. The third kappa shape index (κ3) is 6.34. The lowest BCUT2D eigenvalue weighted by Crippen LogP contribution is -2.57. The molecule has 1 amide bonds. The van der Waals surface area contributed by atoms with Gasteiger partial charge in [-0.15, -0.1) is 0 Å². The van der Waals surface area contributed by atoms with Crippen LogP contribution < -0.4 is 10.1 Å². The summed E-state index contributed by atoms with van der Waals surface area (Å²) in [6.07, 6.45) is 4.05. The average molecular weight is 616 g/mol. The van der Waals surface area contributed by atoms with Crippen LogP contribution in [0.1, 0.15) is 48.5 Å². The van der Waals surface area contributed by atoms with Crippen LogP contribution in [0.4, 0.5) is 0 Å². The highest BCUT2D eigenvalue weighted by molar-refractivity contribution is 6.32. The van der Waals surface area contributed by atoms with Crippen LogP contribution in [0.15, 0.2) is 60.7 Å². The SMILES string of the molecule is CCn1c2ccccc2c2cc(CN3CCC(Oc4ccc(C(=O)NCC5(N(C)C)CCN(C)CC5)cc4Cl)CC3)ccc21. The maximum atomic E-state index is 13.1. The van der Waals surface area contributed by atoms with Crippen molar-refractivity contribution in [3.63, 3.8) is 0 Å². The Morgan fingerprint density at radius 3 is 2.41 bits per heavy atom. The van der Waals surface area contributed by atoms with Gasteiger partial charge in [-0.05, 0) is 109 Å². The monoisotopic (exact) mass is 615 g/mol. The maximum absolute atomic E-state index is 13.1. The molecule has 8 heteroatoms. The minimum Gasteiger partial charge on any atom is -0.489 e. The number of likely N-dealkylation sites (tertiary alicyclic amines) is 2. The number of aromatic nitrogens is 1. The molecule has 0 saturated carbocycles. The van der Waals surface area contributed by atoms with Gasteiger partial charge in [0.25, 0.3) is 5.91 Å². The summed E-state index contributed by atoms with van der Waals surface area (Å²) >= 11 is 6.64. The number of ether oxygens (including phenoxy) is 1. The van der Waals surface area contributed by atoms with E-state index < -0.39 is 0 Å². The predicted molar refractivity (Wildman–Crippen MR) is 181 cm³/mol. The zero-order valence-corrected chi connectivity index (χ0v) is 27.4. The highest BCUT2D eigenvalue weighted by Crippen LogP contribution is 2.32. The number of carbonyl (C=O) groups excluding carboxylic acids is 1. The van der Waals surface area contributed by atoms with Crippen molar-refractivity contribution in [1.82, 2.24) is 24.6 Å². The number of benzene rings is 3.